The number of carboxylic acids is 1. The average Bonchev–Trinajstić information content (AvgIpc) is 2.92. The lowest BCUT2D eigenvalue weighted by Gasteiger charge is -2.12. The van der Waals surface area contributed by atoms with Crippen molar-refractivity contribution in [3.05, 3.63) is 48.3 Å². The van der Waals surface area contributed by atoms with Crippen LogP contribution in [0.3, 0.4) is 0 Å². The Morgan fingerprint density at radius 2 is 2.10 bits per heavy atom. The molecule has 3 rings (SSSR count). The van der Waals surface area contributed by atoms with Crippen molar-refractivity contribution in [2.45, 2.75) is 6.92 Å². The van der Waals surface area contributed by atoms with Crippen LogP contribution >= 0.6 is 0 Å². The highest BCUT2D eigenvalue weighted by atomic mass is 16.5. The molecular weight excluding hydrogens is 270 g/mol. The molecule has 1 N–H and O–H groups in total. The van der Waals surface area contributed by atoms with E-state index in [4.69, 9.17) is 4.74 Å². The SMILES string of the molecule is COc1cn2cncc2cc1-c1cc(C)ncc1C(=O)O. The monoisotopic (exact) mass is 283 g/mol. The lowest BCUT2D eigenvalue weighted by atomic mass is 10.0. The molecule has 0 saturated carbocycles. The van der Waals surface area contributed by atoms with Crippen molar-refractivity contribution in [1.82, 2.24) is 14.4 Å². The maximum absolute atomic E-state index is 11.4. The minimum atomic E-state index is -1.02. The van der Waals surface area contributed by atoms with Gasteiger partial charge in [-0.2, -0.15) is 0 Å². The molecule has 0 fully saturated rings. The number of aryl methyl sites for hydroxylation is 1. The van der Waals surface area contributed by atoms with Crippen LogP contribution in [0.2, 0.25) is 0 Å². The number of methoxy groups -OCH3 is 1. The molecular formula is C15H13N3O3. The van der Waals surface area contributed by atoms with Crippen LogP contribution in [0.15, 0.2) is 37.1 Å². The Morgan fingerprint density at radius 1 is 1.29 bits per heavy atom. The molecule has 0 radical (unpaired) electrons. The maximum Gasteiger partial charge on any atom is 0.337 e. The Kier molecular flexibility index (Phi) is 3.06. The van der Waals surface area contributed by atoms with Gasteiger partial charge in [0.05, 0.1) is 36.9 Å². The summed E-state index contributed by atoms with van der Waals surface area (Å²) < 4.78 is 7.21. The molecule has 106 valence electrons. The smallest absolute Gasteiger partial charge is 0.337 e. The molecule has 0 aliphatic carbocycles. The van der Waals surface area contributed by atoms with E-state index in [-0.39, 0.29) is 5.56 Å². The highest BCUT2D eigenvalue weighted by Crippen LogP contribution is 2.33. The van der Waals surface area contributed by atoms with Crippen LogP contribution in [0.4, 0.5) is 0 Å². The van der Waals surface area contributed by atoms with E-state index in [1.54, 1.807) is 31.9 Å². The second-order valence-corrected chi connectivity index (χ2v) is 4.66. The predicted octanol–water partition coefficient (Wildman–Crippen LogP) is 2.41. The number of hydrogen-bond acceptors (Lipinski definition) is 4. The van der Waals surface area contributed by atoms with Gasteiger partial charge in [-0.3, -0.25) is 4.98 Å². The fourth-order valence-electron chi connectivity index (χ4n) is 2.28. The molecule has 3 heterocycles. The number of nitrogens with zero attached hydrogens (tertiary/aromatic N) is 3. The fourth-order valence-corrected chi connectivity index (χ4v) is 2.28. The standard InChI is InChI=1S/C15H13N3O3/c1-9-3-11(13(6-17-9)15(19)20)12-4-10-5-16-8-18(10)7-14(12)21-2/h3-8H,1-2H3,(H,19,20). The van der Waals surface area contributed by atoms with E-state index >= 15 is 0 Å². The molecule has 0 unspecified atom stereocenters. The molecule has 0 saturated heterocycles. The first-order chi connectivity index (χ1) is 10.1. The van der Waals surface area contributed by atoms with Gasteiger partial charge in [0, 0.05) is 23.0 Å². The number of hydrogen-bond donors (Lipinski definition) is 1. The van der Waals surface area contributed by atoms with Gasteiger partial charge in [0.25, 0.3) is 0 Å². The van der Waals surface area contributed by atoms with E-state index in [0.717, 1.165) is 11.2 Å². The molecule has 6 nitrogen and oxygen atoms in total. The molecule has 0 bridgehead atoms. The van der Waals surface area contributed by atoms with Crippen molar-refractivity contribution in [3.8, 4) is 16.9 Å². The van der Waals surface area contributed by atoms with Gasteiger partial charge in [-0.15, -0.1) is 0 Å². The molecule has 0 amide bonds. The van der Waals surface area contributed by atoms with Gasteiger partial charge >= 0.3 is 5.97 Å². The van der Waals surface area contributed by atoms with Crippen LogP contribution < -0.4 is 4.74 Å². The largest absolute Gasteiger partial charge is 0.495 e. The summed E-state index contributed by atoms with van der Waals surface area (Å²) in [7, 11) is 1.55. The van der Waals surface area contributed by atoms with Gasteiger partial charge in [-0.05, 0) is 19.1 Å². The molecule has 0 aliphatic rings. The molecule has 3 aromatic rings. The summed E-state index contributed by atoms with van der Waals surface area (Å²) >= 11 is 0. The van der Waals surface area contributed by atoms with Crippen LogP contribution in [0.5, 0.6) is 5.75 Å². The Balaban J connectivity index is 2.33. The second-order valence-electron chi connectivity index (χ2n) is 4.66. The fraction of sp³-hybridized carbons (Fsp3) is 0.133. The summed E-state index contributed by atoms with van der Waals surface area (Å²) in [5.74, 6) is -0.443. The predicted molar refractivity (Wildman–Crippen MR) is 76.7 cm³/mol. The van der Waals surface area contributed by atoms with E-state index in [2.05, 4.69) is 9.97 Å². The molecule has 6 heteroatoms. The molecule has 3 aromatic heterocycles. The highest BCUT2D eigenvalue weighted by molar-refractivity contribution is 5.97. The zero-order valence-corrected chi connectivity index (χ0v) is 11.6. The van der Waals surface area contributed by atoms with Gasteiger partial charge in [0.15, 0.2) is 0 Å². The normalized spacial score (nSPS) is 10.8. The number of carboxylic acid groups (broad SMARTS) is 1. The Hall–Kier alpha value is -2.89. The Morgan fingerprint density at radius 3 is 2.81 bits per heavy atom. The summed E-state index contributed by atoms with van der Waals surface area (Å²) in [6.45, 7) is 1.82. The summed E-state index contributed by atoms with van der Waals surface area (Å²) in [4.78, 5) is 19.5. The van der Waals surface area contributed by atoms with E-state index in [0.29, 0.717) is 16.9 Å². The Bertz CT molecular complexity index is 839. The number of ether oxygens (including phenoxy) is 1. The minimum absolute atomic E-state index is 0.141. The molecule has 0 aliphatic heterocycles. The van der Waals surface area contributed by atoms with Crippen LogP contribution in [0.1, 0.15) is 16.1 Å². The number of aromatic carboxylic acids is 1. The molecule has 0 atom stereocenters. The van der Waals surface area contributed by atoms with Crippen molar-refractivity contribution >= 4 is 11.5 Å². The van der Waals surface area contributed by atoms with Crippen molar-refractivity contribution in [2.24, 2.45) is 0 Å². The van der Waals surface area contributed by atoms with Gasteiger partial charge in [0.2, 0.25) is 0 Å². The topological polar surface area (TPSA) is 76.7 Å². The van der Waals surface area contributed by atoms with Crippen LogP contribution in [-0.4, -0.2) is 32.6 Å². The number of aromatic nitrogens is 3. The zero-order chi connectivity index (χ0) is 15.0. The lowest BCUT2D eigenvalue weighted by Crippen LogP contribution is -2.03. The van der Waals surface area contributed by atoms with Gasteiger partial charge in [-0.25, -0.2) is 9.78 Å². The number of imidazole rings is 1. The van der Waals surface area contributed by atoms with Gasteiger partial charge < -0.3 is 14.2 Å². The highest BCUT2D eigenvalue weighted by Gasteiger charge is 2.17. The summed E-state index contributed by atoms with van der Waals surface area (Å²) in [5, 5.41) is 9.36. The molecule has 21 heavy (non-hydrogen) atoms. The van der Waals surface area contributed by atoms with Gasteiger partial charge in [-0.1, -0.05) is 0 Å². The molecule has 0 aromatic carbocycles. The van der Waals surface area contributed by atoms with Gasteiger partial charge in [0.1, 0.15) is 5.75 Å². The van der Waals surface area contributed by atoms with E-state index in [1.165, 1.54) is 6.20 Å². The van der Waals surface area contributed by atoms with E-state index in [9.17, 15) is 9.90 Å². The third-order valence-corrected chi connectivity index (χ3v) is 3.29. The van der Waals surface area contributed by atoms with E-state index < -0.39 is 5.97 Å². The number of fused-ring (bicyclic) bond motifs is 1. The van der Waals surface area contributed by atoms with Crippen LogP contribution in [0.25, 0.3) is 16.6 Å². The first kappa shape index (κ1) is 13.1. The Labute approximate surface area is 120 Å². The summed E-state index contributed by atoms with van der Waals surface area (Å²) in [5.41, 5.74) is 3.02. The average molecular weight is 283 g/mol. The number of carbonyl (C=O) groups is 1. The second kappa shape index (κ2) is 4.90. The van der Waals surface area contributed by atoms with Crippen molar-refractivity contribution in [1.29, 1.82) is 0 Å². The molecule has 0 spiro atoms. The van der Waals surface area contributed by atoms with Crippen molar-refractivity contribution < 1.29 is 14.6 Å². The quantitative estimate of drug-likeness (QED) is 0.798. The minimum Gasteiger partial charge on any atom is -0.495 e. The van der Waals surface area contributed by atoms with Crippen LogP contribution in [-0.2, 0) is 0 Å². The summed E-state index contributed by atoms with van der Waals surface area (Å²) in [6, 6.07) is 3.60. The summed E-state index contributed by atoms with van der Waals surface area (Å²) in [6.07, 6.45) is 6.51. The first-order valence-corrected chi connectivity index (χ1v) is 6.30. The third-order valence-electron chi connectivity index (χ3n) is 3.29. The maximum atomic E-state index is 11.4. The lowest BCUT2D eigenvalue weighted by molar-refractivity contribution is 0.0697. The third kappa shape index (κ3) is 2.20. The van der Waals surface area contributed by atoms with Crippen molar-refractivity contribution in [2.75, 3.05) is 7.11 Å². The van der Waals surface area contributed by atoms with Crippen molar-refractivity contribution in [3.63, 3.8) is 0 Å². The number of pyridine rings is 2. The zero-order valence-electron chi connectivity index (χ0n) is 11.6. The van der Waals surface area contributed by atoms with E-state index in [1.807, 2.05) is 17.4 Å². The number of rotatable bonds is 3. The first-order valence-electron chi connectivity index (χ1n) is 6.30. The van der Waals surface area contributed by atoms with Crippen LogP contribution in [0, 0.1) is 6.92 Å².